The zero-order valence-corrected chi connectivity index (χ0v) is 10.9. The topological polar surface area (TPSA) is 82.0 Å². The number of aryl methyl sites for hydroxylation is 1. The quantitative estimate of drug-likeness (QED) is 0.815. The number of Topliss-reactive ketones (excluding diaryl/α,β-unsaturated/α-hetero) is 1. The predicted octanol–water partition coefficient (Wildman–Crippen LogP) is 1.90. The summed E-state index contributed by atoms with van der Waals surface area (Å²) in [6.45, 7) is 1.53. The Labute approximate surface area is 111 Å². The van der Waals surface area contributed by atoms with Crippen molar-refractivity contribution in [3.05, 3.63) is 35.5 Å². The van der Waals surface area contributed by atoms with Crippen LogP contribution < -0.4 is 11.5 Å². The normalized spacial score (nSPS) is 22.2. The Balaban J connectivity index is 2.38. The van der Waals surface area contributed by atoms with Crippen molar-refractivity contribution in [3.63, 3.8) is 0 Å². The molecular formula is C15H17N3O. The third-order valence-electron chi connectivity index (χ3n) is 4.07. The lowest BCUT2D eigenvalue weighted by Gasteiger charge is -2.34. The number of carbonyl (C=O) groups excluding carboxylic acids is 1. The highest BCUT2D eigenvalue weighted by molar-refractivity contribution is 5.97. The Kier molecular flexibility index (Phi) is 2.57. The lowest BCUT2D eigenvalue weighted by atomic mass is 9.75. The van der Waals surface area contributed by atoms with Crippen molar-refractivity contribution in [3.8, 4) is 0 Å². The first kappa shape index (κ1) is 12.1. The van der Waals surface area contributed by atoms with Crippen LogP contribution in [0.3, 0.4) is 0 Å². The number of para-hydroxylation sites is 1. The van der Waals surface area contributed by atoms with Crippen LogP contribution in [0.4, 0.5) is 5.69 Å². The van der Waals surface area contributed by atoms with Crippen LogP contribution in [0, 0.1) is 0 Å². The Morgan fingerprint density at radius 1 is 1.37 bits per heavy atom. The summed E-state index contributed by atoms with van der Waals surface area (Å²) in [4.78, 5) is 16.6. The summed E-state index contributed by atoms with van der Waals surface area (Å²) in [5.41, 5.74) is 14.7. The van der Waals surface area contributed by atoms with E-state index in [0.717, 1.165) is 35.0 Å². The minimum Gasteiger partial charge on any atom is -0.398 e. The molecular weight excluding hydrogens is 238 g/mol. The lowest BCUT2D eigenvalue weighted by molar-refractivity contribution is -0.122. The molecule has 0 aliphatic heterocycles. The second-order valence-corrected chi connectivity index (χ2v) is 5.25. The van der Waals surface area contributed by atoms with Gasteiger partial charge in [-0.15, -0.1) is 0 Å². The molecule has 1 aliphatic rings. The fourth-order valence-electron chi connectivity index (χ4n) is 2.98. The first-order chi connectivity index (χ1) is 9.04. The van der Waals surface area contributed by atoms with E-state index in [0.29, 0.717) is 12.1 Å². The molecule has 1 aromatic carbocycles. The van der Waals surface area contributed by atoms with E-state index >= 15 is 0 Å². The summed E-state index contributed by atoms with van der Waals surface area (Å²) in [7, 11) is 0. The molecule has 1 aromatic heterocycles. The monoisotopic (exact) mass is 255 g/mol. The Bertz CT molecular complexity index is 680. The van der Waals surface area contributed by atoms with Crippen LogP contribution in [0.5, 0.6) is 0 Å². The lowest BCUT2D eigenvalue weighted by Crippen LogP contribution is -2.47. The zero-order valence-electron chi connectivity index (χ0n) is 10.9. The van der Waals surface area contributed by atoms with Crippen molar-refractivity contribution < 1.29 is 4.79 Å². The van der Waals surface area contributed by atoms with E-state index in [-0.39, 0.29) is 5.78 Å². The molecule has 0 fully saturated rings. The van der Waals surface area contributed by atoms with E-state index < -0.39 is 5.54 Å². The van der Waals surface area contributed by atoms with Crippen molar-refractivity contribution >= 4 is 22.4 Å². The van der Waals surface area contributed by atoms with E-state index in [4.69, 9.17) is 11.5 Å². The Hall–Kier alpha value is -1.94. The first-order valence-corrected chi connectivity index (χ1v) is 6.51. The summed E-state index contributed by atoms with van der Waals surface area (Å²) >= 11 is 0. The van der Waals surface area contributed by atoms with Crippen molar-refractivity contribution in [2.45, 2.75) is 31.7 Å². The van der Waals surface area contributed by atoms with Gasteiger partial charge in [-0.25, -0.2) is 0 Å². The van der Waals surface area contributed by atoms with Gasteiger partial charge in [-0.05, 0) is 32.3 Å². The van der Waals surface area contributed by atoms with Crippen molar-refractivity contribution in [1.29, 1.82) is 0 Å². The maximum Gasteiger partial charge on any atom is 0.154 e. The molecule has 19 heavy (non-hydrogen) atoms. The van der Waals surface area contributed by atoms with Gasteiger partial charge in [0.25, 0.3) is 0 Å². The van der Waals surface area contributed by atoms with Crippen LogP contribution in [0.25, 0.3) is 10.9 Å². The number of carbonyl (C=O) groups is 1. The van der Waals surface area contributed by atoms with Crippen LogP contribution >= 0.6 is 0 Å². The molecule has 2 aromatic rings. The molecule has 4 heteroatoms. The summed E-state index contributed by atoms with van der Waals surface area (Å²) in [5.74, 6) is -0.0442. The average Bonchev–Trinajstić information content (AvgIpc) is 2.38. The molecule has 1 heterocycles. The first-order valence-electron chi connectivity index (χ1n) is 6.51. The van der Waals surface area contributed by atoms with Gasteiger partial charge in [-0.3, -0.25) is 9.78 Å². The number of aromatic nitrogens is 1. The standard InChI is InChI=1S/C15H17N3O/c1-9(19)15(17)8-4-7-12-13(15)14(16)10-5-2-3-6-11(10)18-12/h2-3,5-6H,4,7-8,17H2,1H3,(H2,16,18). The second kappa shape index (κ2) is 4.03. The number of fused-ring (bicyclic) bond motifs is 2. The number of nitrogens with two attached hydrogens (primary N) is 2. The zero-order chi connectivity index (χ0) is 13.6. The fourth-order valence-corrected chi connectivity index (χ4v) is 2.98. The molecule has 0 saturated heterocycles. The Morgan fingerprint density at radius 3 is 2.84 bits per heavy atom. The maximum atomic E-state index is 12.0. The van der Waals surface area contributed by atoms with Gasteiger partial charge in [0.05, 0.1) is 5.52 Å². The third-order valence-corrected chi connectivity index (χ3v) is 4.07. The number of hydrogen-bond acceptors (Lipinski definition) is 4. The van der Waals surface area contributed by atoms with Gasteiger partial charge >= 0.3 is 0 Å². The molecule has 4 nitrogen and oxygen atoms in total. The van der Waals surface area contributed by atoms with Crippen LogP contribution in [-0.4, -0.2) is 10.8 Å². The van der Waals surface area contributed by atoms with Crippen LogP contribution in [0.1, 0.15) is 31.0 Å². The highest BCUT2D eigenvalue weighted by atomic mass is 16.1. The van der Waals surface area contributed by atoms with Gasteiger partial charge in [-0.1, -0.05) is 18.2 Å². The van der Waals surface area contributed by atoms with E-state index in [9.17, 15) is 4.79 Å². The molecule has 1 aliphatic carbocycles. The van der Waals surface area contributed by atoms with Gasteiger partial charge in [0, 0.05) is 22.3 Å². The molecule has 98 valence electrons. The van der Waals surface area contributed by atoms with E-state index in [1.54, 1.807) is 0 Å². The number of pyridine rings is 1. The number of benzene rings is 1. The molecule has 1 atom stereocenters. The van der Waals surface area contributed by atoms with Crippen LogP contribution in [0.15, 0.2) is 24.3 Å². The van der Waals surface area contributed by atoms with Crippen LogP contribution in [0.2, 0.25) is 0 Å². The molecule has 0 amide bonds. The highest BCUT2D eigenvalue weighted by Gasteiger charge is 2.40. The molecule has 0 spiro atoms. The minimum atomic E-state index is -0.977. The summed E-state index contributed by atoms with van der Waals surface area (Å²) in [6.07, 6.45) is 2.34. The van der Waals surface area contributed by atoms with E-state index in [2.05, 4.69) is 4.98 Å². The van der Waals surface area contributed by atoms with Crippen LogP contribution in [-0.2, 0) is 16.8 Å². The van der Waals surface area contributed by atoms with Crippen molar-refractivity contribution in [1.82, 2.24) is 4.98 Å². The number of anilines is 1. The molecule has 0 saturated carbocycles. The smallest absolute Gasteiger partial charge is 0.154 e. The summed E-state index contributed by atoms with van der Waals surface area (Å²) in [6, 6.07) is 7.71. The SMILES string of the molecule is CC(=O)C1(N)CCCc2nc3ccccc3c(N)c21. The van der Waals surface area contributed by atoms with Gasteiger partial charge in [0.1, 0.15) is 5.54 Å². The number of nitrogen functional groups attached to an aromatic ring is 1. The molecule has 1 unspecified atom stereocenters. The molecule has 0 bridgehead atoms. The number of hydrogen-bond donors (Lipinski definition) is 2. The van der Waals surface area contributed by atoms with Crippen molar-refractivity contribution in [2.24, 2.45) is 5.73 Å². The van der Waals surface area contributed by atoms with Gasteiger partial charge < -0.3 is 11.5 Å². The van der Waals surface area contributed by atoms with E-state index in [1.807, 2.05) is 24.3 Å². The fraction of sp³-hybridized carbons (Fsp3) is 0.333. The van der Waals surface area contributed by atoms with Gasteiger partial charge in [-0.2, -0.15) is 0 Å². The third kappa shape index (κ3) is 1.64. The minimum absolute atomic E-state index is 0.0442. The predicted molar refractivity (Wildman–Crippen MR) is 75.6 cm³/mol. The van der Waals surface area contributed by atoms with E-state index in [1.165, 1.54) is 6.92 Å². The number of nitrogens with zero attached hydrogens (tertiary/aromatic N) is 1. The highest BCUT2D eigenvalue weighted by Crippen LogP contribution is 2.39. The Morgan fingerprint density at radius 2 is 2.11 bits per heavy atom. The number of rotatable bonds is 1. The summed E-state index contributed by atoms with van der Waals surface area (Å²) < 4.78 is 0. The summed E-state index contributed by atoms with van der Waals surface area (Å²) in [5, 5.41) is 0.874. The number of ketones is 1. The van der Waals surface area contributed by atoms with Crippen molar-refractivity contribution in [2.75, 3.05) is 5.73 Å². The largest absolute Gasteiger partial charge is 0.398 e. The maximum absolute atomic E-state index is 12.0. The van der Waals surface area contributed by atoms with Gasteiger partial charge in [0.15, 0.2) is 5.78 Å². The molecule has 4 N–H and O–H groups in total. The average molecular weight is 255 g/mol. The second-order valence-electron chi connectivity index (χ2n) is 5.25. The molecule has 0 radical (unpaired) electrons. The van der Waals surface area contributed by atoms with Gasteiger partial charge in [0.2, 0.25) is 0 Å². The molecule has 3 rings (SSSR count).